The van der Waals surface area contributed by atoms with Crippen molar-refractivity contribution in [3.8, 4) is 0 Å². The van der Waals surface area contributed by atoms with Crippen LogP contribution < -0.4 is 24.8 Å². The van der Waals surface area contributed by atoms with Crippen LogP contribution in [0.1, 0.15) is 0 Å². The van der Waals surface area contributed by atoms with E-state index in [0.717, 1.165) is 6.07 Å². The molecule has 0 heterocycles. The Morgan fingerprint density at radius 1 is 0.750 bits per heavy atom. The third kappa shape index (κ3) is 8.13. The molecule has 0 bridgehead atoms. The zero-order chi connectivity index (χ0) is 12.1. The van der Waals surface area contributed by atoms with Crippen LogP contribution in [0.5, 0.6) is 0 Å². The second kappa shape index (κ2) is 13.7. The standard InChI is InChI=1S/C6F5.C5H5.B.2ClH.Zr/c7-2-1-3(8)5(10)6(11)4(2)9;1-2-4-5-3-1;;;;/h;1-5H;;2*1H;/q2*-1;;;;+4/p-2. The van der Waals surface area contributed by atoms with Gasteiger partial charge in [-0.2, -0.15) is 18.2 Å². The summed E-state index contributed by atoms with van der Waals surface area (Å²) >= 11 is 0. The van der Waals surface area contributed by atoms with Gasteiger partial charge in [-0.3, -0.25) is 8.78 Å². The first-order valence-corrected chi connectivity index (χ1v) is 4.11. The van der Waals surface area contributed by atoms with Crippen LogP contribution in [0.25, 0.3) is 0 Å². The Bertz CT molecular complexity index is 425. The summed E-state index contributed by atoms with van der Waals surface area (Å²) in [6.07, 6.45) is 0. The van der Waals surface area contributed by atoms with E-state index in [1.807, 2.05) is 30.3 Å². The third-order valence-corrected chi connectivity index (χ3v) is 1.55. The van der Waals surface area contributed by atoms with Gasteiger partial charge in [0.2, 0.25) is 0 Å². The summed E-state index contributed by atoms with van der Waals surface area (Å²) in [6, 6.07) is 11.0. The summed E-state index contributed by atoms with van der Waals surface area (Å²) in [4.78, 5) is 0. The quantitative estimate of drug-likeness (QED) is 0.146. The predicted molar refractivity (Wildman–Crippen MR) is 52.9 cm³/mol. The van der Waals surface area contributed by atoms with Crippen molar-refractivity contribution in [1.82, 2.24) is 0 Å². The van der Waals surface area contributed by atoms with Crippen LogP contribution >= 0.6 is 0 Å². The van der Waals surface area contributed by atoms with Crippen molar-refractivity contribution in [1.29, 1.82) is 0 Å². The Morgan fingerprint density at radius 3 is 1.35 bits per heavy atom. The number of halogens is 7. The average Bonchev–Trinajstić information content (AvgIpc) is 2.82. The van der Waals surface area contributed by atoms with E-state index < -0.39 is 29.1 Å². The smallest absolute Gasteiger partial charge is 1.00 e. The van der Waals surface area contributed by atoms with Gasteiger partial charge in [0.15, 0.2) is 0 Å². The summed E-state index contributed by atoms with van der Waals surface area (Å²) in [6.45, 7) is 0. The van der Waals surface area contributed by atoms with E-state index in [2.05, 4.69) is 0 Å². The summed E-state index contributed by atoms with van der Waals surface area (Å²) in [7, 11) is 0. The Kier molecular flexibility index (Phi) is 19.2. The summed E-state index contributed by atoms with van der Waals surface area (Å²) in [5.74, 6) is -10.0. The van der Waals surface area contributed by atoms with Crippen LogP contribution in [-0.2, 0) is 26.2 Å². The molecule has 0 aromatic heterocycles. The molecule has 0 spiro atoms. The molecule has 0 fully saturated rings. The molecule has 9 heteroatoms. The molecule has 0 saturated carbocycles. The molecule has 0 aliphatic carbocycles. The maximum absolute atomic E-state index is 12.0. The van der Waals surface area contributed by atoms with Crippen LogP contribution in [0.3, 0.4) is 0 Å². The van der Waals surface area contributed by atoms with Gasteiger partial charge >= 0.3 is 26.2 Å². The molecule has 0 N–H and O–H groups in total. The molecule has 2 aromatic carbocycles. The monoisotopic (exact) mass is 403 g/mol. The van der Waals surface area contributed by atoms with Gasteiger partial charge in [-0.05, 0) is 0 Å². The van der Waals surface area contributed by atoms with Gasteiger partial charge in [0.25, 0.3) is 0 Å². The minimum Gasteiger partial charge on any atom is -1.00 e. The van der Waals surface area contributed by atoms with Crippen molar-refractivity contribution in [3.63, 3.8) is 0 Å². The minimum atomic E-state index is -2.17. The molecule has 0 amide bonds. The van der Waals surface area contributed by atoms with Crippen molar-refractivity contribution in [2.75, 3.05) is 0 Å². The minimum absolute atomic E-state index is 0. The molecule has 0 aliphatic heterocycles. The Hall–Kier alpha value is -0.252. The first-order chi connectivity index (χ1) is 7.54. The second-order valence-electron chi connectivity index (χ2n) is 2.66. The number of rotatable bonds is 0. The van der Waals surface area contributed by atoms with Crippen LogP contribution in [0.2, 0.25) is 0 Å². The van der Waals surface area contributed by atoms with Crippen LogP contribution in [-0.4, -0.2) is 8.41 Å². The second-order valence-corrected chi connectivity index (χ2v) is 2.66. The summed E-state index contributed by atoms with van der Waals surface area (Å²) < 4.78 is 59.9. The molecule has 0 aliphatic rings. The first-order valence-electron chi connectivity index (χ1n) is 4.11. The van der Waals surface area contributed by atoms with Crippen molar-refractivity contribution >= 4 is 8.41 Å². The molecule has 0 unspecified atom stereocenters. The molecule has 0 atom stereocenters. The fraction of sp³-hybridized carbons (Fsp3) is 0. The maximum atomic E-state index is 12.0. The van der Waals surface area contributed by atoms with E-state index >= 15 is 0 Å². The summed E-state index contributed by atoms with van der Waals surface area (Å²) in [5.41, 5.74) is 0. The van der Waals surface area contributed by atoms with Crippen LogP contribution in [0.15, 0.2) is 30.3 Å². The molecule has 105 valence electrons. The van der Waals surface area contributed by atoms with Gasteiger partial charge < -0.3 is 24.8 Å². The van der Waals surface area contributed by atoms with E-state index in [1.54, 1.807) is 0 Å². The first kappa shape index (κ1) is 28.0. The molecule has 0 nitrogen and oxygen atoms in total. The van der Waals surface area contributed by atoms with Gasteiger partial charge in [0.1, 0.15) is 0 Å². The van der Waals surface area contributed by atoms with E-state index in [9.17, 15) is 22.0 Å². The molecule has 0 saturated heterocycles. The molecule has 3 radical (unpaired) electrons. The molecule has 20 heavy (non-hydrogen) atoms. The van der Waals surface area contributed by atoms with E-state index in [4.69, 9.17) is 0 Å². The van der Waals surface area contributed by atoms with E-state index in [1.165, 1.54) is 0 Å². The fourth-order valence-electron chi connectivity index (χ4n) is 0.816. The normalized spacial score (nSPS) is 7.65. The predicted octanol–water partition coefficient (Wildman–Crippen LogP) is -2.79. The molecule has 2 rings (SSSR count). The van der Waals surface area contributed by atoms with Gasteiger partial charge in [-0.15, -0.1) is 6.07 Å². The van der Waals surface area contributed by atoms with Crippen LogP contribution in [0, 0.1) is 35.2 Å². The molecular weight excluding hydrogens is 400 g/mol. The summed E-state index contributed by atoms with van der Waals surface area (Å²) in [5, 5.41) is 0. The fourth-order valence-corrected chi connectivity index (χ4v) is 0.816. The van der Waals surface area contributed by atoms with Crippen molar-refractivity contribution in [3.05, 3.63) is 65.5 Å². The maximum Gasteiger partial charge on any atom is 4.00 e. The van der Waals surface area contributed by atoms with Gasteiger partial charge in [-0.1, -0.05) is 0 Å². The van der Waals surface area contributed by atoms with Crippen molar-refractivity contribution < 1.29 is 73.0 Å². The average molecular weight is 405 g/mol. The number of benzene rings is 1. The van der Waals surface area contributed by atoms with E-state index in [-0.39, 0.29) is 59.4 Å². The Labute approximate surface area is 146 Å². The Morgan fingerprint density at radius 2 is 1.10 bits per heavy atom. The SMILES string of the molecule is Fc1[c-]c(F)c(F)c(F)c1F.[B].[Cl-].[Cl-].[Zr+4].c1cc[cH-]c1. The largest absolute Gasteiger partial charge is 4.00 e. The van der Waals surface area contributed by atoms with Crippen molar-refractivity contribution in [2.45, 2.75) is 0 Å². The zero-order valence-corrected chi connectivity index (χ0v) is 13.6. The van der Waals surface area contributed by atoms with E-state index in [0.29, 0.717) is 0 Å². The topological polar surface area (TPSA) is 0 Å². The number of hydrogen-bond acceptors (Lipinski definition) is 0. The van der Waals surface area contributed by atoms with Gasteiger partial charge in [0, 0.05) is 8.41 Å². The van der Waals surface area contributed by atoms with Gasteiger partial charge in [0.05, 0.1) is 29.1 Å². The van der Waals surface area contributed by atoms with Crippen molar-refractivity contribution in [2.24, 2.45) is 0 Å². The zero-order valence-electron chi connectivity index (χ0n) is 9.61. The van der Waals surface area contributed by atoms with Gasteiger partial charge in [-0.25, -0.2) is 25.3 Å². The van der Waals surface area contributed by atoms with Crippen LogP contribution in [0.4, 0.5) is 22.0 Å². The molecule has 2 aromatic rings. The Balaban J connectivity index is -0.000000124. The number of hydrogen-bond donors (Lipinski definition) is 0. The molecular formula is C11H5BCl2F5Zr. The third-order valence-electron chi connectivity index (χ3n) is 1.55.